The number of phenolic OH excluding ortho intramolecular Hbond substituents is 1. The number of furan rings is 1. The predicted molar refractivity (Wildman–Crippen MR) is 141 cm³/mol. The lowest BCUT2D eigenvalue weighted by Crippen LogP contribution is -1.93. The molecule has 0 fully saturated rings. The number of para-hydroxylation sites is 2. The largest absolute Gasteiger partial charge is 0.504 e. The second-order valence-electron chi connectivity index (χ2n) is 8.02. The van der Waals surface area contributed by atoms with Crippen molar-refractivity contribution in [3.63, 3.8) is 0 Å². The van der Waals surface area contributed by atoms with Gasteiger partial charge in [-0.3, -0.25) is 0 Å². The van der Waals surface area contributed by atoms with Crippen LogP contribution in [0.5, 0.6) is 5.75 Å². The van der Waals surface area contributed by atoms with Crippen molar-refractivity contribution in [3.05, 3.63) is 106 Å². The number of pyridine rings is 1. The first-order chi connectivity index (χ1) is 17.1. The Morgan fingerprint density at radius 2 is 1.66 bits per heavy atom. The number of rotatable bonds is 4. The number of hydrogen-bond acceptors (Lipinski definition) is 4. The van der Waals surface area contributed by atoms with Crippen molar-refractivity contribution in [1.29, 1.82) is 0 Å². The van der Waals surface area contributed by atoms with Crippen LogP contribution in [0.4, 0.5) is 0 Å². The van der Waals surface area contributed by atoms with Crippen LogP contribution in [0.1, 0.15) is 11.3 Å². The summed E-state index contributed by atoms with van der Waals surface area (Å²) in [5.41, 5.74) is 4.27. The van der Waals surface area contributed by atoms with E-state index in [0.717, 1.165) is 22.2 Å². The summed E-state index contributed by atoms with van der Waals surface area (Å²) in [6.45, 7) is 0. The van der Waals surface area contributed by atoms with Crippen molar-refractivity contribution < 1.29 is 9.52 Å². The van der Waals surface area contributed by atoms with Crippen LogP contribution >= 0.6 is 23.2 Å². The van der Waals surface area contributed by atoms with E-state index < -0.39 is 0 Å². The van der Waals surface area contributed by atoms with Crippen LogP contribution in [0.25, 0.3) is 51.2 Å². The van der Waals surface area contributed by atoms with Crippen molar-refractivity contribution in [2.75, 3.05) is 0 Å². The second-order valence-corrected chi connectivity index (χ2v) is 8.83. The Balaban J connectivity index is 1.46. The van der Waals surface area contributed by atoms with Crippen molar-refractivity contribution in [3.8, 4) is 22.9 Å². The van der Waals surface area contributed by atoms with E-state index in [4.69, 9.17) is 32.7 Å². The second kappa shape index (κ2) is 8.62. The minimum atomic E-state index is -0.0961. The van der Waals surface area contributed by atoms with E-state index in [1.807, 2.05) is 95.8 Å². The maximum absolute atomic E-state index is 10.4. The summed E-state index contributed by atoms with van der Waals surface area (Å²) in [4.78, 5) is 4.56. The average molecular weight is 498 g/mol. The molecule has 0 atom stereocenters. The van der Waals surface area contributed by atoms with Gasteiger partial charge in [-0.15, -0.1) is 0 Å². The zero-order valence-electron chi connectivity index (χ0n) is 18.2. The van der Waals surface area contributed by atoms with E-state index >= 15 is 0 Å². The maximum atomic E-state index is 10.4. The number of phenols is 1. The highest BCUT2D eigenvalue weighted by molar-refractivity contribution is 6.39. The number of hydrogen-bond donors (Lipinski definition) is 1. The highest BCUT2D eigenvalue weighted by Gasteiger charge is 2.15. The van der Waals surface area contributed by atoms with Crippen LogP contribution in [0.15, 0.2) is 89.5 Å². The van der Waals surface area contributed by atoms with Gasteiger partial charge in [-0.25, -0.2) is 9.67 Å². The van der Waals surface area contributed by atoms with Gasteiger partial charge in [0.1, 0.15) is 16.8 Å². The zero-order chi connectivity index (χ0) is 23.9. The van der Waals surface area contributed by atoms with E-state index in [1.54, 1.807) is 0 Å². The van der Waals surface area contributed by atoms with E-state index in [2.05, 4.69) is 4.98 Å². The van der Waals surface area contributed by atoms with Gasteiger partial charge < -0.3 is 9.52 Å². The number of fused-ring (bicyclic) bond motifs is 2. The van der Waals surface area contributed by atoms with Crippen molar-refractivity contribution in [2.45, 2.75) is 0 Å². The third-order valence-electron chi connectivity index (χ3n) is 5.73. The Labute approximate surface area is 210 Å². The molecular weight excluding hydrogens is 481 g/mol. The fourth-order valence-corrected chi connectivity index (χ4v) is 4.51. The third kappa shape index (κ3) is 3.95. The molecule has 0 unspecified atom stereocenters. The van der Waals surface area contributed by atoms with E-state index in [1.165, 1.54) is 6.07 Å². The van der Waals surface area contributed by atoms with Crippen LogP contribution in [0.3, 0.4) is 0 Å². The summed E-state index contributed by atoms with van der Waals surface area (Å²) < 4.78 is 7.93. The molecule has 0 saturated heterocycles. The minimum Gasteiger partial charge on any atom is -0.504 e. The van der Waals surface area contributed by atoms with Gasteiger partial charge in [0.2, 0.25) is 0 Å². The fraction of sp³-hybridized carbons (Fsp3) is 0. The first-order valence-corrected chi connectivity index (χ1v) is 11.6. The molecule has 6 aromatic rings. The van der Waals surface area contributed by atoms with E-state index in [-0.39, 0.29) is 10.8 Å². The molecule has 0 aliphatic rings. The van der Waals surface area contributed by atoms with Crippen LogP contribution in [-0.2, 0) is 0 Å². The maximum Gasteiger partial charge on any atom is 0.160 e. The molecule has 6 rings (SSSR count). The van der Waals surface area contributed by atoms with Crippen LogP contribution in [0.2, 0.25) is 10.0 Å². The molecule has 7 heteroatoms. The Kier molecular flexibility index (Phi) is 5.29. The van der Waals surface area contributed by atoms with Gasteiger partial charge in [-0.1, -0.05) is 59.6 Å². The van der Waals surface area contributed by atoms with Crippen molar-refractivity contribution in [1.82, 2.24) is 14.8 Å². The van der Waals surface area contributed by atoms with Gasteiger partial charge >= 0.3 is 0 Å². The Morgan fingerprint density at radius 1 is 0.857 bits per heavy atom. The first-order valence-electron chi connectivity index (χ1n) is 10.9. The molecule has 170 valence electrons. The Morgan fingerprint density at radius 3 is 2.49 bits per heavy atom. The van der Waals surface area contributed by atoms with Gasteiger partial charge in [0, 0.05) is 22.5 Å². The SMILES string of the molecule is Oc1c(Cl)cc(Cl)c2ccc(C=Cc3cn(-c4ccccc4)nc3-c3cc4ccccc4o3)nc12. The topological polar surface area (TPSA) is 64.1 Å². The number of nitrogens with zero attached hydrogens (tertiary/aromatic N) is 3. The van der Waals surface area contributed by atoms with Crippen LogP contribution in [-0.4, -0.2) is 19.9 Å². The van der Waals surface area contributed by atoms with Crippen molar-refractivity contribution in [2.24, 2.45) is 0 Å². The summed E-state index contributed by atoms with van der Waals surface area (Å²) in [5.74, 6) is 0.574. The number of aromatic nitrogens is 3. The highest BCUT2D eigenvalue weighted by Crippen LogP contribution is 2.36. The van der Waals surface area contributed by atoms with Crippen LogP contribution in [0, 0.1) is 0 Å². The van der Waals surface area contributed by atoms with Gasteiger partial charge in [0.15, 0.2) is 11.5 Å². The smallest absolute Gasteiger partial charge is 0.160 e. The number of benzene rings is 3. The lowest BCUT2D eigenvalue weighted by atomic mass is 10.1. The lowest BCUT2D eigenvalue weighted by Gasteiger charge is -2.05. The summed E-state index contributed by atoms with van der Waals surface area (Å²) in [6.07, 6.45) is 5.72. The molecule has 0 amide bonds. The molecule has 5 nitrogen and oxygen atoms in total. The summed E-state index contributed by atoms with van der Waals surface area (Å²) in [7, 11) is 0. The normalized spacial score (nSPS) is 11.7. The quantitative estimate of drug-likeness (QED) is 0.267. The molecule has 3 aromatic heterocycles. The van der Waals surface area contributed by atoms with Gasteiger partial charge in [-0.2, -0.15) is 5.10 Å². The zero-order valence-corrected chi connectivity index (χ0v) is 19.7. The Bertz CT molecular complexity index is 1700. The fourth-order valence-electron chi connectivity index (χ4n) is 4.00. The summed E-state index contributed by atoms with van der Waals surface area (Å²) in [5, 5.41) is 17.4. The molecule has 0 aliphatic carbocycles. The number of halogens is 2. The van der Waals surface area contributed by atoms with E-state index in [9.17, 15) is 5.11 Å². The highest BCUT2D eigenvalue weighted by atomic mass is 35.5. The molecular formula is C28H17Cl2N3O2. The van der Waals surface area contributed by atoms with Crippen molar-refractivity contribution >= 4 is 57.2 Å². The number of aromatic hydroxyl groups is 1. The molecule has 3 aromatic carbocycles. The monoisotopic (exact) mass is 497 g/mol. The molecule has 0 aliphatic heterocycles. The predicted octanol–water partition coefficient (Wildman–Crippen LogP) is 8.02. The summed E-state index contributed by atoms with van der Waals surface area (Å²) >= 11 is 12.4. The molecule has 0 spiro atoms. The van der Waals surface area contributed by atoms with Crippen LogP contribution < -0.4 is 0 Å². The molecule has 35 heavy (non-hydrogen) atoms. The first kappa shape index (κ1) is 21.5. The van der Waals surface area contributed by atoms with E-state index in [0.29, 0.717) is 33.1 Å². The minimum absolute atomic E-state index is 0.0961. The summed E-state index contributed by atoms with van der Waals surface area (Å²) in [6, 6.07) is 24.9. The standard InChI is InChI=1S/C28H17Cl2N3O2/c29-22-15-23(30)28(34)27-21(22)13-12-19(31-27)11-10-18-16-33(20-7-2-1-3-8-20)32-26(18)25-14-17-6-4-5-9-24(17)35-25/h1-16,34H. The molecule has 0 bridgehead atoms. The third-order valence-corrected chi connectivity index (χ3v) is 6.33. The van der Waals surface area contributed by atoms with Gasteiger partial charge in [0.05, 0.1) is 21.4 Å². The molecule has 0 radical (unpaired) electrons. The lowest BCUT2D eigenvalue weighted by molar-refractivity contribution is 0.480. The van der Waals surface area contributed by atoms with Gasteiger partial charge in [-0.05, 0) is 54.6 Å². The Hall–Kier alpha value is -4.06. The average Bonchev–Trinajstić information content (AvgIpc) is 3.51. The van der Waals surface area contributed by atoms with Gasteiger partial charge in [0.25, 0.3) is 0 Å². The molecule has 3 heterocycles. The molecule has 0 saturated carbocycles. The molecule has 1 N–H and O–H groups in total.